The van der Waals surface area contributed by atoms with Gasteiger partial charge in [0, 0.05) is 21.9 Å². The van der Waals surface area contributed by atoms with Crippen molar-refractivity contribution in [2.24, 2.45) is 5.73 Å². The average molecular weight is 323 g/mol. The number of benzene rings is 1. The van der Waals surface area contributed by atoms with Crippen LogP contribution >= 0.6 is 28.1 Å². The first-order chi connectivity index (χ1) is 8.66. The fourth-order valence-electron chi connectivity index (χ4n) is 1.48. The van der Waals surface area contributed by atoms with Gasteiger partial charge >= 0.3 is 0 Å². The van der Waals surface area contributed by atoms with E-state index in [0.29, 0.717) is 11.5 Å². The maximum Gasteiger partial charge on any atom is 0.115 e. The zero-order valence-corrected chi connectivity index (χ0v) is 11.8. The summed E-state index contributed by atoms with van der Waals surface area (Å²) in [5.74, 6) is 0. The lowest BCUT2D eigenvalue weighted by Gasteiger charge is -2.11. The van der Waals surface area contributed by atoms with E-state index >= 15 is 0 Å². The van der Waals surface area contributed by atoms with Crippen LogP contribution in [-0.2, 0) is 6.54 Å². The van der Waals surface area contributed by atoms with Crippen molar-refractivity contribution >= 4 is 38.8 Å². The molecular formula is C12H11BrN4S. The van der Waals surface area contributed by atoms with E-state index in [1.54, 1.807) is 6.20 Å². The van der Waals surface area contributed by atoms with Crippen LogP contribution in [0.1, 0.15) is 11.3 Å². The lowest BCUT2D eigenvalue weighted by molar-refractivity contribution is 1.01. The smallest absolute Gasteiger partial charge is 0.115 e. The van der Waals surface area contributed by atoms with Crippen LogP contribution in [-0.4, -0.2) is 15.0 Å². The third kappa shape index (κ3) is 3.24. The molecule has 92 valence electrons. The highest BCUT2D eigenvalue weighted by Crippen LogP contribution is 2.21. The van der Waals surface area contributed by atoms with Gasteiger partial charge in [-0.05, 0) is 24.3 Å². The number of anilines is 1. The zero-order chi connectivity index (χ0) is 13.0. The van der Waals surface area contributed by atoms with Gasteiger partial charge in [-0.2, -0.15) is 0 Å². The average Bonchev–Trinajstić information content (AvgIpc) is 2.38. The van der Waals surface area contributed by atoms with Gasteiger partial charge in [0.15, 0.2) is 0 Å². The van der Waals surface area contributed by atoms with E-state index in [-0.39, 0.29) is 0 Å². The van der Waals surface area contributed by atoms with Crippen LogP contribution in [0.25, 0.3) is 0 Å². The number of nitrogens with one attached hydrogen (secondary N) is 1. The quantitative estimate of drug-likeness (QED) is 0.847. The van der Waals surface area contributed by atoms with Gasteiger partial charge in [-0.1, -0.05) is 28.1 Å². The van der Waals surface area contributed by atoms with Crippen LogP contribution in [0.3, 0.4) is 0 Å². The molecule has 18 heavy (non-hydrogen) atoms. The molecule has 0 saturated carbocycles. The summed E-state index contributed by atoms with van der Waals surface area (Å²) < 4.78 is 0.942. The van der Waals surface area contributed by atoms with Gasteiger partial charge in [0.25, 0.3) is 0 Å². The van der Waals surface area contributed by atoms with E-state index in [4.69, 9.17) is 18.0 Å². The second-order valence-electron chi connectivity index (χ2n) is 3.61. The number of aromatic nitrogens is 2. The van der Waals surface area contributed by atoms with E-state index in [9.17, 15) is 0 Å². The highest BCUT2D eigenvalue weighted by atomic mass is 79.9. The van der Waals surface area contributed by atoms with Crippen LogP contribution < -0.4 is 11.1 Å². The first-order valence-electron chi connectivity index (χ1n) is 5.25. The molecule has 6 heteroatoms. The molecule has 0 unspecified atom stereocenters. The first kappa shape index (κ1) is 12.9. The molecular weight excluding hydrogens is 312 g/mol. The zero-order valence-electron chi connectivity index (χ0n) is 9.43. The molecule has 0 aliphatic rings. The van der Waals surface area contributed by atoms with Crippen LogP contribution in [0.4, 0.5) is 5.69 Å². The number of nitrogens with two attached hydrogens (primary N) is 1. The Labute approximate surface area is 119 Å². The second kappa shape index (κ2) is 5.88. The Balaban J connectivity index is 2.17. The topological polar surface area (TPSA) is 63.8 Å². The summed E-state index contributed by atoms with van der Waals surface area (Å²) >= 11 is 8.43. The molecule has 2 aromatic rings. The Hall–Kier alpha value is -1.53. The molecule has 4 nitrogen and oxygen atoms in total. The molecule has 0 aliphatic carbocycles. The van der Waals surface area contributed by atoms with E-state index in [1.807, 2.05) is 24.3 Å². The summed E-state index contributed by atoms with van der Waals surface area (Å²) in [5.41, 5.74) is 8.31. The number of nitrogens with zero attached hydrogens (tertiary/aromatic N) is 2. The normalized spacial score (nSPS) is 10.1. The van der Waals surface area contributed by atoms with Crippen molar-refractivity contribution in [3.63, 3.8) is 0 Å². The molecule has 0 aliphatic heterocycles. The van der Waals surface area contributed by atoms with E-state index in [0.717, 1.165) is 21.4 Å². The van der Waals surface area contributed by atoms with Gasteiger partial charge < -0.3 is 11.1 Å². The van der Waals surface area contributed by atoms with E-state index < -0.39 is 0 Å². The van der Waals surface area contributed by atoms with Gasteiger partial charge in [0.05, 0.1) is 12.2 Å². The molecule has 0 spiro atoms. The molecule has 1 heterocycles. The third-order valence-electron chi connectivity index (χ3n) is 2.35. The molecule has 2 rings (SSSR count). The minimum Gasteiger partial charge on any atom is -0.389 e. The third-order valence-corrected chi connectivity index (χ3v) is 3.06. The van der Waals surface area contributed by atoms with Gasteiger partial charge in [-0.25, -0.2) is 9.97 Å². The van der Waals surface area contributed by atoms with Crippen LogP contribution in [0, 0.1) is 0 Å². The molecule has 1 aromatic heterocycles. The van der Waals surface area contributed by atoms with Crippen molar-refractivity contribution < 1.29 is 0 Å². The first-order valence-corrected chi connectivity index (χ1v) is 6.45. The molecule has 0 saturated heterocycles. The monoisotopic (exact) mass is 322 g/mol. The Morgan fingerprint density at radius 2 is 2.22 bits per heavy atom. The molecule has 1 aromatic carbocycles. The standard InChI is InChI=1S/C12H11BrN4S/c13-8-1-2-11(10(5-8)12(14)18)16-6-9-3-4-15-7-17-9/h1-5,7,16H,6H2,(H2,14,18). The van der Waals surface area contributed by atoms with Crippen molar-refractivity contribution in [2.45, 2.75) is 6.54 Å². The molecule has 0 amide bonds. The molecule has 0 radical (unpaired) electrons. The van der Waals surface area contributed by atoms with Crippen LogP contribution in [0.2, 0.25) is 0 Å². The summed E-state index contributed by atoms with van der Waals surface area (Å²) in [4.78, 5) is 8.37. The highest BCUT2D eigenvalue weighted by Gasteiger charge is 2.06. The van der Waals surface area contributed by atoms with Gasteiger partial charge in [-0.15, -0.1) is 0 Å². The van der Waals surface area contributed by atoms with Crippen molar-refractivity contribution in [1.82, 2.24) is 9.97 Å². The molecule has 3 N–H and O–H groups in total. The Morgan fingerprint density at radius 3 is 2.89 bits per heavy atom. The fourth-order valence-corrected chi connectivity index (χ4v) is 2.01. The van der Waals surface area contributed by atoms with Crippen LogP contribution in [0.5, 0.6) is 0 Å². The summed E-state index contributed by atoms with van der Waals surface area (Å²) in [6.07, 6.45) is 3.23. The van der Waals surface area contributed by atoms with Crippen molar-refractivity contribution in [2.75, 3.05) is 5.32 Å². The molecule has 0 atom stereocenters. The Kier molecular flexibility index (Phi) is 4.22. The molecule has 0 fully saturated rings. The van der Waals surface area contributed by atoms with Crippen molar-refractivity contribution in [3.8, 4) is 0 Å². The lowest BCUT2D eigenvalue weighted by atomic mass is 10.1. The van der Waals surface area contributed by atoms with Gasteiger partial charge in [-0.3, -0.25) is 0 Å². The molecule has 0 bridgehead atoms. The van der Waals surface area contributed by atoms with E-state index in [2.05, 4.69) is 31.2 Å². The number of rotatable bonds is 4. The highest BCUT2D eigenvalue weighted by molar-refractivity contribution is 9.10. The largest absolute Gasteiger partial charge is 0.389 e. The number of hydrogen-bond donors (Lipinski definition) is 2. The fraction of sp³-hybridized carbons (Fsp3) is 0.0833. The number of hydrogen-bond acceptors (Lipinski definition) is 4. The van der Waals surface area contributed by atoms with Gasteiger partial charge in [0.2, 0.25) is 0 Å². The summed E-state index contributed by atoms with van der Waals surface area (Å²) in [6, 6.07) is 7.61. The van der Waals surface area contributed by atoms with Crippen molar-refractivity contribution in [1.29, 1.82) is 0 Å². The summed E-state index contributed by atoms with van der Waals surface area (Å²) in [5, 5.41) is 3.26. The predicted octanol–water partition coefficient (Wildman–Crippen LogP) is 2.49. The summed E-state index contributed by atoms with van der Waals surface area (Å²) in [7, 11) is 0. The van der Waals surface area contributed by atoms with E-state index in [1.165, 1.54) is 6.33 Å². The van der Waals surface area contributed by atoms with Gasteiger partial charge in [0.1, 0.15) is 11.3 Å². The lowest BCUT2D eigenvalue weighted by Crippen LogP contribution is -2.13. The number of thiocarbonyl (C=S) groups is 1. The minimum atomic E-state index is 0.362. The Morgan fingerprint density at radius 1 is 1.39 bits per heavy atom. The Bertz CT molecular complexity index is 559. The number of halogens is 1. The second-order valence-corrected chi connectivity index (χ2v) is 4.96. The SMILES string of the molecule is NC(=S)c1cc(Br)ccc1NCc1ccncn1. The van der Waals surface area contributed by atoms with Crippen molar-refractivity contribution in [3.05, 3.63) is 52.5 Å². The summed E-state index contributed by atoms with van der Waals surface area (Å²) in [6.45, 7) is 0.597. The minimum absolute atomic E-state index is 0.362. The maximum absolute atomic E-state index is 5.70. The maximum atomic E-state index is 5.70. The van der Waals surface area contributed by atoms with Crippen LogP contribution in [0.15, 0.2) is 41.3 Å². The predicted molar refractivity (Wildman–Crippen MR) is 79.4 cm³/mol.